The summed E-state index contributed by atoms with van der Waals surface area (Å²) in [5, 5.41) is 3.32. The van der Waals surface area contributed by atoms with Gasteiger partial charge in [-0.3, -0.25) is 0 Å². The highest BCUT2D eigenvalue weighted by Gasteiger charge is 2.33. The summed E-state index contributed by atoms with van der Waals surface area (Å²) in [5.74, 6) is 0.439. The third-order valence-electron chi connectivity index (χ3n) is 5.12. The quantitative estimate of drug-likeness (QED) is 0.753. The van der Waals surface area contributed by atoms with Gasteiger partial charge in [-0.05, 0) is 56.0 Å². The molecule has 1 aromatic rings. The standard InChI is InChI=1S/C18H30N2O3S/c1-4-15(2)16-5-7-17(8-6-16)24(21,22)20-13-18(14-23-3)9-11-19-12-10-18/h5-8,15,19-20H,4,9-14H2,1-3H3. The molecule has 1 aromatic carbocycles. The molecular weight excluding hydrogens is 324 g/mol. The van der Waals surface area contributed by atoms with Crippen LogP contribution in [-0.4, -0.2) is 41.8 Å². The van der Waals surface area contributed by atoms with Gasteiger partial charge in [-0.2, -0.15) is 0 Å². The van der Waals surface area contributed by atoms with Gasteiger partial charge < -0.3 is 10.1 Å². The number of ether oxygens (including phenoxy) is 1. The Morgan fingerprint density at radius 3 is 2.42 bits per heavy atom. The smallest absolute Gasteiger partial charge is 0.240 e. The van der Waals surface area contributed by atoms with Crippen molar-refractivity contribution in [2.45, 2.75) is 43.9 Å². The molecule has 0 aromatic heterocycles. The van der Waals surface area contributed by atoms with Gasteiger partial charge in [0.15, 0.2) is 0 Å². The first-order chi connectivity index (χ1) is 11.4. The lowest BCUT2D eigenvalue weighted by atomic mass is 9.80. The molecule has 24 heavy (non-hydrogen) atoms. The van der Waals surface area contributed by atoms with Crippen LogP contribution in [0, 0.1) is 5.41 Å². The van der Waals surface area contributed by atoms with Crippen LogP contribution in [-0.2, 0) is 14.8 Å². The first kappa shape index (κ1) is 19.4. The molecule has 0 saturated carbocycles. The van der Waals surface area contributed by atoms with E-state index in [2.05, 4.69) is 23.9 Å². The summed E-state index contributed by atoms with van der Waals surface area (Å²) in [6.45, 7) is 7.06. The van der Waals surface area contributed by atoms with Crippen LogP contribution in [0.25, 0.3) is 0 Å². The molecule has 1 heterocycles. The lowest BCUT2D eigenvalue weighted by Crippen LogP contribution is -2.47. The van der Waals surface area contributed by atoms with Crippen LogP contribution in [0.5, 0.6) is 0 Å². The van der Waals surface area contributed by atoms with Crippen LogP contribution in [0.3, 0.4) is 0 Å². The van der Waals surface area contributed by atoms with Crippen LogP contribution in [0.1, 0.15) is 44.6 Å². The molecule has 1 unspecified atom stereocenters. The largest absolute Gasteiger partial charge is 0.384 e. The van der Waals surface area contributed by atoms with Gasteiger partial charge in [0.25, 0.3) is 0 Å². The highest BCUT2D eigenvalue weighted by atomic mass is 32.2. The second-order valence-electron chi connectivity index (χ2n) is 6.89. The van der Waals surface area contributed by atoms with Gasteiger partial charge >= 0.3 is 0 Å². The van der Waals surface area contributed by atoms with Gasteiger partial charge in [0.1, 0.15) is 0 Å². The first-order valence-corrected chi connectivity index (χ1v) is 10.2. The van der Waals surface area contributed by atoms with Gasteiger partial charge in [0.2, 0.25) is 10.0 Å². The molecule has 1 aliphatic rings. The van der Waals surface area contributed by atoms with Crippen molar-refractivity contribution >= 4 is 10.0 Å². The van der Waals surface area contributed by atoms with Crippen molar-refractivity contribution in [1.29, 1.82) is 0 Å². The summed E-state index contributed by atoms with van der Waals surface area (Å²) in [7, 11) is -1.82. The molecule has 0 aliphatic carbocycles. The van der Waals surface area contributed by atoms with Crippen molar-refractivity contribution in [1.82, 2.24) is 10.0 Å². The summed E-state index contributed by atoms with van der Waals surface area (Å²) in [6.07, 6.45) is 2.87. The molecule has 0 bridgehead atoms. The number of rotatable bonds is 8. The number of hydrogen-bond acceptors (Lipinski definition) is 4. The van der Waals surface area contributed by atoms with Crippen molar-refractivity contribution < 1.29 is 13.2 Å². The molecule has 2 rings (SSSR count). The van der Waals surface area contributed by atoms with Crippen LogP contribution in [0.2, 0.25) is 0 Å². The van der Waals surface area contributed by atoms with Crippen LogP contribution < -0.4 is 10.0 Å². The number of piperidine rings is 1. The summed E-state index contributed by atoms with van der Waals surface area (Å²) in [6, 6.07) is 7.24. The SMILES string of the molecule is CCC(C)c1ccc(S(=O)(=O)NCC2(COC)CCNCC2)cc1. The second-order valence-corrected chi connectivity index (χ2v) is 8.65. The van der Waals surface area contributed by atoms with E-state index in [1.165, 1.54) is 5.56 Å². The minimum atomic E-state index is -3.49. The predicted molar refractivity (Wildman–Crippen MR) is 96.7 cm³/mol. The number of methoxy groups -OCH3 is 1. The van der Waals surface area contributed by atoms with E-state index in [0.29, 0.717) is 24.0 Å². The van der Waals surface area contributed by atoms with E-state index in [1.54, 1.807) is 19.2 Å². The fourth-order valence-corrected chi connectivity index (χ4v) is 4.34. The Morgan fingerprint density at radius 2 is 1.88 bits per heavy atom. The van der Waals surface area contributed by atoms with E-state index in [4.69, 9.17) is 4.74 Å². The van der Waals surface area contributed by atoms with Crippen LogP contribution in [0.15, 0.2) is 29.2 Å². The summed E-state index contributed by atoms with van der Waals surface area (Å²) < 4.78 is 33.4. The fourth-order valence-electron chi connectivity index (χ4n) is 3.18. The number of hydrogen-bond donors (Lipinski definition) is 2. The zero-order valence-electron chi connectivity index (χ0n) is 15.0. The molecule has 1 aliphatic heterocycles. The maximum Gasteiger partial charge on any atom is 0.240 e. The molecule has 0 spiro atoms. The third-order valence-corrected chi connectivity index (χ3v) is 6.54. The molecule has 1 saturated heterocycles. The lowest BCUT2D eigenvalue weighted by molar-refractivity contribution is 0.0577. The lowest BCUT2D eigenvalue weighted by Gasteiger charge is -2.37. The maximum atomic E-state index is 12.6. The minimum absolute atomic E-state index is 0.121. The maximum absolute atomic E-state index is 12.6. The van der Waals surface area contributed by atoms with E-state index in [9.17, 15) is 8.42 Å². The number of nitrogens with one attached hydrogen (secondary N) is 2. The molecule has 5 nitrogen and oxygen atoms in total. The number of sulfonamides is 1. The molecular formula is C18H30N2O3S. The number of benzene rings is 1. The predicted octanol–water partition coefficient (Wildman–Crippen LogP) is 2.49. The van der Waals surface area contributed by atoms with Crippen molar-refractivity contribution in [3.05, 3.63) is 29.8 Å². The minimum Gasteiger partial charge on any atom is -0.384 e. The molecule has 136 valence electrons. The zero-order chi connectivity index (χ0) is 17.6. The van der Waals surface area contributed by atoms with Crippen molar-refractivity contribution in [2.75, 3.05) is 33.4 Å². The third kappa shape index (κ3) is 4.79. The molecule has 0 radical (unpaired) electrons. The highest BCUT2D eigenvalue weighted by Crippen LogP contribution is 2.29. The highest BCUT2D eigenvalue weighted by molar-refractivity contribution is 7.89. The van der Waals surface area contributed by atoms with Gasteiger partial charge in [-0.1, -0.05) is 26.0 Å². The molecule has 1 fully saturated rings. The van der Waals surface area contributed by atoms with E-state index in [1.807, 2.05) is 12.1 Å². The van der Waals surface area contributed by atoms with Crippen LogP contribution in [0.4, 0.5) is 0 Å². The van der Waals surface area contributed by atoms with Gasteiger partial charge in [0.05, 0.1) is 11.5 Å². The second kappa shape index (κ2) is 8.43. The van der Waals surface area contributed by atoms with E-state index < -0.39 is 10.0 Å². The monoisotopic (exact) mass is 354 g/mol. The average molecular weight is 355 g/mol. The fraction of sp³-hybridized carbons (Fsp3) is 0.667. The molecule has 2 N–H and O–H groups in total. The molecule has 0 amide bonds. The Labute approximate surface area is 146 Å². The molecule has 1 atom stereocenters. The summed E-state index contributed by atoms with van der Waals surface area (Å²) in [5.41, 5.74) is 1.05. The molecule has 6 heteroatoms. The van der Waals surface area contributed by atoms with E-state index in [0.717, 1.165) is 32.4 Å². The van der Waals surface area contributed by atoms with Crippen molar-refractivity contribution in [3.63, 3.8) is 0 Å². The van der Waals surface area contributed by atoms with E-state index >= 15 is 0 Å². The normalized spacial score (nSPS) is 19.1. The summed E-state index contributed by atoms with van der Waals surface area (Å²) >= 11 is 0. The van der Waals surface area contributed by atoms with Crippen molar-refractivity contribution in [3.8, 4) is 0 Å². The Bertz CT molecular complexity index is 602. The zero-order valence-corrected chi connectivity index (χ0v) is 15.8. The van der Waals surface area contributed by atoms with Crippen molar-refractivity contribution in [2.24, 2.45) is 5.41 Å². The Morgan fingerprint density at radius 1 is 1.25 bits per heavy atom. The topological polar surface area (TPSA) is 67.4 Å². The summed E-state index contributed by atoms with van der Waals surface area (Å²) in [4.78, 5) is 0.330. The Balaban J connectivity index is 2.07. The van der Waals surface area contributed by atoms with Crippen LogP contribution >= 0.6 is 0 Å². The van der Waals surface area contributed by atoms with E-state index in [-0.39, 0.29) is 5.41 Å². The first-order valence-electron chi connectivity index (χ1n) is 8.72. The van der Waals surface area contributed by atoms with Gasteiger partial charge in [-0.15, -0.1) is 0 Å². The average Bonchev–Trinajstić information content (AvgIpc) is 2.61. The Kier molecular flexibility index (Phi) is 6.80. The van der Waals surface area contributed by atoms with Gasteiger partial charge in [0, 0.05) is 19.1 Å². The van der Waals surface area contributed by atoms with Gasteiger partial charge in [-0.25, -0.2) is 13.1 Å². The Hall–Kier alpha value is -0.950.